The molecule has 0 radical (unpaired) electrons. The van der Waals surface area contributed by atoms with Crippen molar-refractivity contribution in [2.75, 3.05) is 0 Å². The second kappa shape index (κ2) is 3.14. The summed E-state index contributed by atoms with van der Waals surface area (Å²) in [5.74, 6) is 0.524. The maximum Gasteiger partial charge on any atom is 0.0573 e. The summed E-state index contributed by atoms with van der Waals surface area (Å²) in [6.45, 7) is 6.74. The van der Waals surface area contributed by atoms with E-state index in [4.69, 9.17) is 0 Å². The summed E-state index contributed by atoms with van der Waals surface area (Å²) < 4.78 is 0. The Balaban J connectivity index is 2.64. The van der Waals surface area contributed by atoms with E-state index < -0.39 is 0 Å². The minimum atomic E-state index is -0.0382. The van der Waals surface area contributed by atoms with Crippen LogP contribution in [0.25, 0.3) is 0 Å². The van der Waals surface area contributed by atoms with E-state index in [1.807, 2.05) is 0 Å². The molecule has 0 spiro atoms. The van der Waals surface area contributed by atoms with Gasteiger partial charge in [-0.2, -0.15) is 0 Å². The smallest absolute Gasteiger partial charge is 0.0573 e. The van der Waals surface area contributed by atoms with Gasteiger partial charge in [-0.05, 0) is 24.2 Å². The summed E-state index contributed by atoms with van der Waals surface area (Å²) in [6, 6.07) is 0. The van der Waals surface area contributed by atoms with E-state index in [2.05, 4.69) is 20.8 Å². The maximum absolute atomic E-state index is 9.70. The van der Waals surface area contributed by atoms with Crippen LogP contribution in [0, 0.1) is 11.3 Å². The largest absolute Gasteiger partial charge is 0.393 e. The summed E-state index contributed by atoms with van der Waals surface area (Å²) in [7, 11) is 0. The van der Waals surface area contributed by atoms with Gasteiger partial charge in [-0.15, -0.1) is 0 Å². The summed E-state index contributed by atoms with van der Waals surface area (Å²) in [5.41, 5.74) is 0.367. The minimum Gasteiger partial charge on any atom is -0.393 e. The summed E-state index contributed by atoms with van der Waals surface area (Å²) in [6.07, 6.45) is 4.58. The van der Waals surface area contributed by atoms with Crippen molar-refractivity contribution in [3.63, 3.8) is 0 Å². The van der Waals surface area contributed by atoms with Gasteiger partial charge in [-0.25, -0.2) is 0 Å². The Bertz CT molecular complexity index is 129. The molecule has 0 heterocycles. The lowest BCUT2D eigenvalue weighted by Gasteiger charge is -2.41. The summed E-state index contributed by atoms with van der Waals surface area (Å²) >= 11 is 0. The van der Waals surface area contributed by atoms with Gasteiger partial charge in [0.05, 0.1) is 6.10 Å². The van der Waals surface area contributed by atoms with Crippen LogP contribution in [-0.2, 0) is 0 Å². The quantitative estimate of drug-likeness (QED) is 0.618. The average molecular weight is 156 g/mol. The van der Waals surface area contributed by atoms with E-state index in [9.17, 15) is 5.11 Å². The summed E-state index contributed by atoms with van der Waals surface area (Å²) in [5, 5.41) is 9.70. The van der Waals surface area contributed by atoms with Crippen LogP contribution in [-0.4, -0.2) is 11.2 Å². The van der Waals surface area contributed by atoms with Crippen molar-refractivity contribution in [1.82, 2.24) is 0 Å². The molecular weight excluding hydrogens is 136 g/mol. The Hall–Kier alpha value is -0.0400. The van der Waals surface area contributed by atoms with Gasteiger partial charge in [0.15, 0.2) is 0 Å². The fourth-order valence-corrected chi connectivity index (χ4v) is 2.50. The highest BCUT2D eigenvalue weighted by Crippen LogP contribution is 2.42. The molecule has 2 unspecified atom stereocenters. The lowest BCUT2D eigenvalue weighted by Crippen LogP contribution is -2.37. The first kappa shape index (κ1) is 9.05. The molecule has 1 nitrogen and oxygen atoms in total. The zero-order chi connectivity index (χ0) is 8.48. The third kappa shape index (κ3) is 1.76. The predicted molar refractivity (Wildman–Crippen MR) is 47.4 cm³/mol. The molecular formula is C10H20O. The van der Waals surface area contributed by atoms with Gasteiger partial charge in [0.1, 0.15) is 0 Å². The van der Waals surface area contributed by atoms with Crippen LogP contribution in [0.2, 0.25) is 0 Å². The number of hydrogen-bond donors (Lipinski definition) is 1. The van der Waals surface area contributed by atoms with Gasteiger partial charge in [0.25, 0.3) is 0 Å². The van der Waals surface area contributed by atoms with Crippen LogP contribution in [0.1, 0.15) is 46.5 Å². The average Bonchev–Trinajstić information content (AvgIpc) is 1.86. The van der Waals surface area contributed by atoms with E-state index in [0.717, 1.165) is 12.8 Å². The van der Waals surface area contributed by atoms with E-state index in [0.29, 0.717) is 11.3 Å². The molecule has 0 saturated heterocycles. The molecule has 0 aliphatic heterocycles. The monoisotopic (exact) mass is 156 g/mol. The lowest BCUT2D eigenvalue weighted by atomic mass is 9.66. The zero-order valence-corrected chi connectivity index (χ0v) is 7.93. The van der Waals surface area contributed by atoms with Crippen molar-refractivity contribution in [1.29, 1.82) is 0 Å². The highest BCUT2D eigenvalue weighted by atomic mass is 16.3. The molecule has 2 atom stereocenters. The lowest BCUT2D eigenvalue weighted by molar-refractivity contribution is -0.0103. The molecule has 1 rings (SSSR count). The maximum atomic E-state index is 9.70. The molecule has 1 saturated carbocycles. The third-order valence-corrected chi connectivity index (χ3v) is 3.23. The SMILES string of the molecule is CCC1C(O)CCCC1(C)C. The molecule has 0 amide bonds. The number of aliphatic hydroxyl groups excluding tert-OH is 1. The van der Waals surface area contributed by atoms with Crippen molar-refractivity contribution < 1.29 is 5.11 Å². The Morgan fingerprint density at radius 3 is 2.45 bits per heavy atom. The molecule has 1 heteroatoms. The molecule has 11 heavy (non-hydrogen) atoms. The minimum absolute atomic E-state index is 0.0382. The van der Waals surface area contributed by atoms with Crippen molar-refractivity contribution in [3.8, 4) is 0 Å². The molecule has 1 N–H and O–H groups in total. The Labute approximate surface area is 69.8 Å². The van der Waals surface area contributed by atoms with Gasteiger partial charge in [0.2, 0.25) is 0 Å². The number of hydrogen-bond acceptors (Lipinski definition) is 1. The van der Waals surface area contributed by atoms with Crippen LogP contribution in [0.3, 0.4) is 0 Å². The fourth-order valence-electron chi connectivity index (χ4n) is 2.50. The topological polar surface area (TPSA) is 20.2 Å². The Morgan fingerprint density at radius 1 is 1.45 bits per heavy atom. The van der Waals surface area contributed by atoms with Crippen LogP contribution >= 0.6 is 0 Å². The molecule has 0 aromatic carbocycles. The first-order chi connectivity index (χ1) is 5.08. The van der Waals surface area contributed by atoms with E-state index in [1.165, 1.54) is 12.8 Å². The van der Waals surface area contributed by atoms with E-state index >= 15 is 0 Å². The van der Waals surface area contributed by atoms with Crippen molar-refractivity contribution in [2.45, 2.75) is 52.6 Å². The molecule has 1 fully saturated rings. The molecule has 0 bridgehead atoms. The highest BCUT2D eigenvalue weighted by molar-refractivity contribution is 4.86. The van der Waals surface area contributed by atoms with Crippen molar-refractivity contribution >= 4 is 0 Å². The second-order valence-corrected chi connectivity index (χ2v) is 4.46. The van der Waals surface area contributed by atoms with Gasteiger partial charge in [-0.3, -0.25) is 0 Å². The van der Waals surface area contributed by atoms with Gasteiger partial charge in [-0.1, -0.05) is 33.6 Å². The van der Waals surface area contributed by atoms with Gasteiger partial charge >= 0.3 is 0 Å². The Kier molecular flexibility index (Phi) is 2.58. The van der Waals surface area contributed by atoms with E-state index in [1.54, 1.807) is 0 Å². The number of aliphatic hydroxyl groups is 1. The van der Waals surface area contributed by atoms with Crippen molar-refractivity contribution in [3.05, 3.63) is 0 Å². The molecule has 66 valence electrons. The van der Waals surface area contributed by atoms with Crippen molar-refractivity contribution in [2.24, 2.45) is 11.3 Å². The first-order valence-electron chi connectivity index (χ1n) is 4.76. The molecule has 1 aliphatic rings. The van der Waals surface area contributed by atoms with Crippen LogP contribution in [0.5, 0.6) is 0 Å². The van der Waals surface area contributed by atoms with E-state index in [-0.39, 0.29) is 6.10 Å². The molecule has 1 aliphatic carbocycles. The number of rotatable bonds is 1. The normalized spacial score (nSPS) is 37.1. The van der Waals surface area contributed by atoms with Crippen LogP contribution < -0.4 is 0 Å². The molecule has 0 aromatic rings. The van der Waals surface area contributed by atoms with Crippen LogP contribution in [0.4, 0.5) is 0 Å². The Morgan fingerprint density at radius 2 is 2.09 bits per heavy atom. The first-order valence-corrected chi connectivity index (χ1v) is 4.76. The molecule has 0 aromatic heterocycles. The predicted octanol–water partition coefficient (Wildman–Crippen LogP) is 2.58. The standard InChI is InChI=1S/C10H20O/c1-4-8-9(11)6-5-7-10(8,2)3/h8-9,11H,4-7H2,1-3H3. The highest BCUT2D eigenvalue weighted by Gasteiger charge is 2.36. The van der Waals surface area contributed by atoms with Gasteiger partial charge in [0, 0.05) is 0 Å². The fraction of sp³-hybridized carbons (Fsp3) is 1.00. The van der Waals surface area contributed by atoms with Crippen LogP contribution in [0.15, 0.2) is 0 Å². The third-order valence-electron chi connectivity index (χ3n) is 3.23. The zero-order valence-electron chi connectivity index (χ0n) is 7.93. The summed E-state index contributed by atoms with van der Waals surface area (Å²) in [4.78, 5) is 0. The van der Waals surface area contributed by atoms with Gasteiger partial charge < -0.3 is 5.11 Å². The second-order valence-electron chi connectivity index (χ2n) is 4.46.